The molecule has 2 N–H and O–H groups in total. The van der Waals surface area contributed by atoms with Crippen LogP contribution in [0.4, 0.5) is 0 Å². The van der Waals surface area contributed by atoms with Gasteiger partial charge in [0, 0.05) is 5.92 Å². The van der Waals surface area contributed by atoms with E-state index in [1.807, 2.05) is 20.8 Å². The molecule has 27 heavy (non-hydrogen) atoms. The molecule has 158 valence electrons. The molecule has 1 saturated carbocycles. The maximum atomic E-state index is 12.6. The van der Waals surface area contributed by atoms with Crippen molar-refractivity contribution in [2.75, 3.05) is 0 Å². The second-order valence-electron chi connectivity index (χ2n) is 9.10. The average Bonchev–Trinajstić information content (AvgIpc) is 2.89. The van der Waals surface area contributed by atoms with Gasteiger partial charge in [0.25, 0.3) is 10.1 Å². The minimum Gasteiger partial charge on any atom is -0.458 e. The van der Waals surface area contributed by atoms with Gasteiger partial charge in [0.05, 0.1) is 17.0 Å². The van der Waals surface area contributed by atoms with E-state index in [9.17, 15) is 22.6 Å². The van der Waals surface area contributed by atoms with Crippen LogP contribution >= 0.6 is 0 Å². The topological polar surface area (TPSA) is 119 Å². The third-order valence-electron chi connectivity index (χ3n) is 4.14. The zero-order valence-electron chi connectivity index (χ0n) is 17.2. The molecule has 1 aliphatic carbocycles. The highest BCUT2D eigenvalue weighted by atomic mass is 32.2. The Morgan fingerprint density at radius 2 is 1.63 bits per heavy atom. The summed E-state index contributed by atoms with van der Waals surface area (Å²) in [6, 6.07) is -1.03. The number of hydrogen-bond acceptors (Lipinski definition) is 6. The summed E-state index contributed by atoms with van der Waals surface area (Å²) in [7, 11) is -4.17. The quantitative estimate of drug-likeness (QED) is 0.511. The van der Waals surface area contributed by atoms with E-state index < -0.39 is 56.5 Å². The molecule has 0 aliphatic heterocycles. The molecule has 0 radical (unpaired) electrons. The second kappa shape index (κ2) is 8.45. The minimum absolute atomic E-state index is 0.0280. The van der Waals surface area contributed by atoms with Crippen LogP contribution in [0.5, 0.6) is 0 Å². The molecule has 0 aromatic heterocycles. The van der Waals surface area contributed by atoms with Crippen LogP contribution in [0.1, 0.15) is 67.7 Å². The first-order valence-electron chi connectivity index (χ1n) is 9.17. The molecule has 1 aliphatic rings. The van der Waals surface area contributed by atoms with Gasteiger partial charge in [0.2, 0.25) is 5.91 Å². The van der Waals surface area contributed by atoms with Crippen molar-refractivity contribution in [2.45, 2.75) is 96.3 Å². The van der Waals surface area contributed by atoms with E-state index in [1.165, 1.54) is 0 Å². The summed E-state index contributed by atoms with van der Waals surface area (Å²) >= 11 is 0. The predicted octanol–water partition coefficient (Wildman–Crippen LogP) is 2.07. The van der Waals surface area contributed by atoms with E-state index in [1.54, 1.807) is 27.7 Å². The fourth-order valence-electron chi connectivity index (χ4n) is 3.08. The molecule has 1 rings (SSSR count). The van der Waals surface area contributed by atoms with Crippen molar-refractivity contribution in [3.63, 3.8) is 0 Å². The van der Waals surface area contributed by atoms with Crippen molar-refractivity contribution in [1.82, 2.24) is 5.32 Å². The van der Waals surface area contributed by atoms with Crippen LogP contribution in [-0.4, -0.2) is 53.4 Å². The summed E-state index contributed by atoms with van der Waals surface area (Å²) in [4.78, 5) is 25.2. The van der Waals surface area contributed by atoms with Crippen molar-refractivity contribution in [2.24, 2.45) is 5.92 Å². The normalized spacial score (nSPS) is 23.6. The van der Waals surface area contributed by atoms with Crippen molar-refractivity contribution in [3.05, 3.63) is 0 Å². The van der Waals surface area contributed by atoms with E-state index in [4.69, 9.17) is 9.47 Å². The molecular weight excluding hydrogens is 374 g/mol. The predicted molar refractivity (Wildman–Crippen MR) is 101 cm³/mol. The molecule has 0 heterocycles. The molecule has 2 unspecified atom stereocenters. The number of nitrogens with one attached hydrogen (secondary N) is 1. The third kappa shape index (κ3) is 8.15. The Hall–Kier alpha value is -1.19. The van der Waals surface area contributed by atoms with Gasteiger partial charge >= 0.3 is 5.97 Å². The van der Waals surface area contributed by atoms with E-state index in [0.29, 0.717) is 6.42 Å². The number of hydrogen-bond donors (Lipinski definition) is 2. The van der Waals surface area contributed by atoms with Crippen LogP contribution < -0.4 is 5.32 Å². The Labute approximate surface area is 162 Å². The van der Waals surface area contributed by atoms with Gasteiger partial charge in [-0.2, -0.15) is 8.42 Å². The Morgan fingerprint density at radius 1 is 1.07 bits per heavy atom. The minimum atomic E-state index is -4.17. The van der Waals surface area contributed by atoms with E-state index >= 15 is 0 Å². The van der Waals surface area contributed by atoms with E-state index in [0.717, 1.165) is 0 Å². The first-order valence-corrected chi connectivity index (χ1v) is 10.7. The van der Waals surface area contributed by atoms with Gasteiger partial charge in [-0.25, -0.2) is 4.79 Å². The zero-order valence-corrected chi connectivity index (χ0v) is 18.1. The van der Waals surface area contributed by atoms with Crippen molar-refractivity contribution in [3.8, 4) is 0 Å². The Balaban J connectivity index is 2.90. The maximum absolute atomic E-state index is 12.6. The SMILES string of the molecule is C[C@H](OC(C)(C)C)[C@H](NC(=O)C1CCC(S(=O)(=O)O)C1)C(=O)OC(C)(C)C. The Morgan fingerprint density at radius 3 is 2.04 bits per heavy atom. The summed E-state index contributed by atoms with van der Waals surface area (Å²) in [5.41, 5.74) is -1.27. The smallest absolute Gasteiger partial charge is 0.331 e. The molecule has 0 saturated heterocycles. The van der Waals surface area contributed by atoms with Crippen molar-refractivity contribution in [1.29, 1.82) is 0 Å². The number of ether oxygens (including phenoxy) is 2. The second-order valence-corrected chi connectivity index (χ2v) is 10.8. The van der Waals surface area contributed by atoms with Crippen LogP contribution in [0.15, 0.2) is 0 Å². The van der Waals surface area contributed by atoms with Crippen LogP contribution in [0.2, 0.25) is 0 Å². The van der Waals surface area contributed by atoms with Gasteiger partial charge in [-0.3, -0.25) is 9.35 Å². The van der Waals surface area contributed by atoms with Gasteiger partial charge < -0.3 is 14.8 Å². The van der Waals surface area contributed by atoms with Gasteiger partial charge in [0.1, 0.15) is 5.60 Å². The molecule has 0 spiro atoms. The summed E-state index contributed by atoms with van der Waals surface area (Å²) < 4.78 is 43.0. The molecule has 1 fully saturated rings. The standard InChI is InChI=1S/C18H33NO7S/c1-11(25-17(2,3)4)14(16(21)26-18(5,6)7)19-15(20)12-8-9-13(10-12)27(22,23)24/h11-14H,8-10H2,1-7H3,(H,19,20)(H,22,23,24)/t11-,12?,13?,14-/m0/s1. The summed E-state index contributed by atoms with van der Waals surface area (Å²) in [5, 5.41) is 1.71. The lowest BCUT2D eigenvalue weighted by Gasteiger charge is -2.32. The lowest BCUT2D eigenvalue weighted by atomic mass is 10.0. The van der Waals surface area contributed by atoms with Gasteiger partial charge in [-0.15, -0.1) is 0 Å². The Kier molecular flexibility index (Phi) is 7.46. The highest BCUT2D eigenvalue weighted by Crippen LogP contribution is 2.30. The highest BCUT2D eigenvalue weighted by Gasteiger charge is 2.40. The monoisotopic (exact) mass is 407 g/mol. The molecule has 1 amide bonds. The number of rotatable bonds is 6. The molecular formula is C18H33NO7S. The molecule has 0 aromatic rings. The average molecular weight is 408 g/mol. The lowest BCUT2D eigenvalue weighted by molar-refractivity contribution is -0.166. The van der Waals surface area contributed by atoms with E-state index in [2.05, 4.69) is 5.32 Å². The fourth-order valence-corrected chi connectivity index (χ4v) is 3.99. The largest absolute Gasteiger partial charge is 0.458 e. The van der Waals surface area contributed by atoms with Crippen molar-refractivity contribution < 1.29 is 32.0 Å². The van der Waals surface area contributed by atoms with Gasteiger partial charge in [-0.1, -0.05) is 0 Å². The number of amides is 1. The molecule has 9 heteroatoms. The van der Waals surface area contributed by atoms with Crippen LogP contribution in [0, 0.1) is 5.92 Å². The third-order valence-corrected chi connectivity index (χ3v) is 5.41. The van der Waals surface area contributed by atoms with Gasteiger partial charge in [0.15, 0.2) is 6.04 Å². The summed E-state index contributed by atoms with van der Waals surface area (Å²) in [5.74, 6) is -1.65. The van der Waals surface area contributed by atoms with E-state index in [-0.39, 0.29) is 12.8 Å². The first-order chi connectivity index (χ1) is 12.0. The number of carbonyl (C=O) groups is 2. The fraction of sp³-hybridized carbons (Fsp3) is 0.889. The Bertz CT molecular complexity index is 646. The molecule has 0 bridgehead atoms. The number of carbonyl (C=O) groups excluding carboxylic acids is 2. The molecule has 4 atom stereocenters. The first kappa shape index (κ1) is 23.8. The van der Waals surface area contributed by atoms with Crippen LogP contribution in [0.3, 0.4) is 0 Å². The zero-order chi connectivity index (χ0) is 21.2. The summed E-state index contributed by atoms with van der Waals surface area (Å²) in [6.07, 6.45) is -0.0868. The maximum Gasteiger partial charge on any atom is 0.331 e. The highest BCUT2D eigenvalue weighted by molar-refractivity contribution is 7.86. The van der Waals surface area contributed by atoms with Gasteiger partial charge in [-0.05, 0) is 67.7 Å². The van der Waals surface area contributed by atoms with Crippen LogP contribution in [-0.2, 0) is 29.2 Å². The van der Waals surface area contributed by atoms with Crippen molar-refractivity contribution >= 4 is 22.0 Å². The van der Waals surface area contributed by atoms with Crippen LogP contribution in [0.25, 0.3) is 0 Å². The lowest BCUT2D eigenvalue weighted by Crippen LogP contribution is -2.53. The molecule has 8 nitrogen and oxygen atoms in total. The number of esters is 1. The summed E-state index contributed by atoms with van der Waals surface area (Å²) in [6.45, 7) is 12.4. The molecule has 0 aromatic carbocycles.